The van der Waals surface area contributed by atoms with Crippen molar-refractivity contribution >= 4 is 13.7 Å². The maximum atomic E-state index is 13.0. The minimum Gasteiger partial charge on any atom is -0.387 e. The number of amides is 1. The molecule has 0 bridgehead atoms. The van der Waals surface area contributed by atoms with Crippen molar-refractivity contribution < 1.29 is 32.9 Å². The fourth-order valence-corrected chi connectivity index (χ4v) is 10.2. The summed E-state index contributed by atoms with van der Waals surface area (Å²) in [6, 6.07) is -0.842. The number of rotatable bonds is 57. The van der Waals surface area contributed by atoms with E-state index in [1.54, 1.807) is 6.08 Å². The Balaban J connectivity index is 4.08. The third kappa shape index (κ3) is 54.8. The van der Waals surface area contributed by atoms with Crippen molar-refractivity contribution in [3.05, 3.63) is 12.2 Å². The van der Waals surface area contributed by atoms with Gasteiger partial charge in [-0.05, 0) is 19.3 Å². The normalized spacial score (nSPS) is 13.9. The van der Waals surface area contributed by atoms with Crippen LogP contribution < -0.4 is 5.32 Å². The average Bonchev–Trinajstić information content (AvgIpc) is 3.31. The number of hydrogen-bond donors (Lipinski definition) is 3. The van der Waals surface area contributed by atoms with Crippen LogP contribution in [0.1, 0.15) is 316 Å². The lowest BCUT2D eigenvalue weighted by Gasteiger charge is -2.25. The Labute approximate surface area is 431 Å². The van der Waals surface area contributed by atoms with Crippen LogP contribution in [-0.2, 0) is 18.4 Å². The standard InChI is InChI=1S/C60H121N2O6P/c1-6-8-10-12-14-16-18-20-22-24-25-26-27-28-29-30-31-32-33-34-35-36-38-39-41-43-45-47-49-51-53-59(63)58(57-68-69(65,66)67-56-55-62(3,4)5)61-60(64)54-52-50-48-46-44-42-40-37-23-21-19-17-15-13-11-9-7-2/h51,53,58-59,63H,6-50,52,54-57H2,1-5H3,(H-,61,64,65,66)/p+1/b53-51+. The summed E-state index contributed by atoms with van der Waals surface area (Å²) in [5.74, 6) is -0.170. The first kappa shape index (κ1) is 68.2. The van der Waals surface area contributed by atoms with Crippen molar-refractivity contribution in [2.24, 2.45) is 0 Å². The van der Waals surface area contributed by atoms with Gasteiger partial charge < -0.3 is 19.8 Å². The number of aliphatic hydroxyl groups is 1. The van der Waals surface area contributed by atoms with E-state index >= 15 is 0 Å². The molecular formula is C60H122N2O6P+. The number of allylic oxidation sites excluding steroid dienone is 1. The number of carbonyl (C=O) groups excluding carboxylic acids is 1. The van der Waals surface area contributed by atoms with E-state index in [2.05, 4.69) is 19.2 Å². The molecule has 0 saturated carbocycles. The predicted molar refractivity (Wildman–Crippen MR) is 300 cm³/mol. The molecule has 0 aromatic carbocycles. The molecule has 0 aliphatic carbocycles. The number of unbranched alkanes of at least 4 members (excludes halogenated alkanes) is 44. The van der Waals surface area contributed by atoms with Gasteiger partial charge >= 0.3 is 7.82 Å². The maximum Gasteiger partial charge on any atom is 0.472 e. The smallest absolute Gasteiger partial charge is 0.387 e. The molecule has 412 valence electrons. The third-order valence-electron chi connectivity index (χ3n) is 14.3. The van der Waals surface area contributed by atoms with E-state index in [1.165, 1.54) is 263 Å². The van der Waals surface area contributed by atoms with Gasteiger partial charge in [-0.2, -0.15) is 0 Å². The van der Waals surface area contributed by atoms with E-state index in [0.717, 1.165) is 32.1 Å². The molecule has 69 heavy (non-hydrogen) atoms. The molecule has 3 atom stereocenters. The zero-order valence-electron chi connectivity index (χ0n) is 47.1. The largest absolute Gasteiger partial charge is 0.472 e. The first-order valence-electron chi connectivity index (χ1n) is 30.6. The number of nitrogens with zero attached hydrogens (tertiary/aromatic N) is 1. The van der Waals surface area contributed by atoms with Gasteiger partial charge in [-0.3, -0.25) is 13.8 Å². The summed E-state index contributed by atoms with van der Waals surface area (Å²) in [4.78, 5) is 23.3. The van der Waals surface area contributed by atoms with Crippen molar-refractivity contribution in [3.63, 3.8) is 0 Å². The predicted octanol–water partition coefficient (Wildman–Crippen LogP) is 18.6. The Morgan fingerprint density at radius 2 is 0.768 bits per heavy atom. The van der Waals surface area contributed by atoms with Gasteiger partial charge in [0, 0.05) is 6.42 Å². The molecule has 0 aliphatic heterocycles. The number of phosphoric acid groups is 1. The summed E-state index contributed by atoms with van der Waals surface area (Å²) in [5.41, 5.74) is 0. The van der Waals surface area contributed by atoms with Crippen LogP contribution in [0.3, 0.4) is 0 Å². The molecule has 0 rings (SSSR count). The number of hydrogen-bond acceptors (Lipinski definition) is 5. The quantitative estimate of drug-likeness (QED) is 0.0243. The summed E-state index contributed by atoms with van der Waals surface area (Å²) in [6.07, 6.45) is 64.7. The number of likely N-dealkylation sites (N-methyl/N-ethyl adjacent to an activating group) is 1. The molecule has 0 saturated heterocycles. The lowest BCUT2D eigenvalue weighted by molar-refractivity contribution is -0.870. The minimum atomic E-state index is -4.34. The molecule has 0 fully saturated rings. The average molecular weight is 999 g/mol. The van der Waals surface area contributed by atoms with E-state index in [4.69, 9.17) is 9.05 Å². The van der Waals surface area contributed by atoms with Crippen LogP contribution in [0.15, 0.2) is 12.2 Å². The Kier molecular flexibility index (Phi) is 51.5. The Bertz CT molecular complexity index is 1130. The number of aliphatic hydroxyl groups excluding tert-OH is 1. The summed E-state index contributed by atoms with van der Waals surface area (Å²) in [7, 11) is 1.59. The second kappa shape index (κ2) is 52.1. The molecule has 1 amide bonds. The van der Waals surface area contributed by atoms with Crippen LogP contribution in [0.4, 0.5) is 0 Å². The van der Waals surface area contributed by atoms with E-state index in [-0.39, 0.29) is 19.1 Å². The maximum absolute atomic E-state index is 13.0. The van der Waals surface area contributed by atoms with Crippen LogP contribution in [0.25, 0.3) is 0 Å². The first-order valence-corrected chi connectivity index (χ1v) is 32.1. The van der Waals surface area contributed by atoms with E-state index < -0.39 is 20.0 Å². The number of carbonyl (C=O) groups is 1. The molecule has 0 spiro atoms. The molecule has 0 aromatic heterocycles. The Hall–Kier alpha value is -0.760. The molecule has 3 unspecified atom stereocenters. The van der Waals surface area contributed by atoms with E-state index in [1.807, 2.05) is 27.2 Å². The van der Waals surface area contributed by atoms with Crippen molar-refractivity contribution in [1.82, 2.24) is 5.32 Å². The zero-order valence-corrected chi connectivity index (χ0v) is 48.0. The molecule has 0 radical (unpaired) electrons. The van der Waals surface area contributed by atoms with Gasteiger partial charge in [-0.25, -0.2) is 4.57 Å². The lowest BCUT2D eigenvalue weighted by atomic mass is 10.0. The van der Waals surface area contributed by atoms with Gasteiger partial charge in [0.15, 0.2) is 0 Å². The SMILES string of the molecule is CCCCCCCCCCCCCCCCCCCCCCCCCCCCCC/C=C/C(O)C(COP(=O)(O)OCC[N+](C)(C)C)NC(=O)CCCCCCCCCCCCCCCCCCC. The third-order valence-corrected chi connectivity index (χ3v) is 15.2. The second-order valence-electron chi connectivity index (χ2n) is 22.4. The molecule has 0 aliphatic rings. The molecule has 8 nitrogen and oxygen atoms in total. The van der Waals surface area contributed by atoms with Gasteiger partial charge in [0.05, 0.1) is 39.9 Å². The summed E-state index contributed by atoms with van der Waals surface area (Å²) in [6.45, 7) is 4.87. The minimum absolute atomic E-state index is 0.0652. The van der Waals surface area contributed by atoms with E-state index in [0.29, 0.717) is 17.4 Å². The van der Waals surface area contributed by atoms with Crippen molar-refractivity contribution in [1.29, 1.82) is 0 Å². The molecule has 9 heteroatoms. The van der Waals surface area contributed by atoms with Gasteiger partial charge in [-0.15, -0.1) is 0 Å². The fourth-order valence-electron chi connectivity index (χ4n) is 9.46. The molecule has 0 heterocycles. The van der Waals surface area contributed by atoms with Gasteiger partial charge in [0.25, 0.3) is 0 Å². The topological polar surface area (TPSA) is 105 Å². The second-order valence-corrected chi connectivity index (χ2v) is 23.9. The van der Waals surface area contributed by atoms with Crippen LogP contribution in [0.5, 0.6) is 0 Å². The zero-order chi connectivity index (χ0) is 50.6. The summed E-state index contributed by atoms with van der Waals surface area (Å²) in [5, 5.41) is 14.0. The van der Waals surface area contributed by atoms with E-state index in [9.17, 15) is 19.4 Å². The van der Waals surface area contributed by atoms with Crippen LogP contribution >= 0.6 is 7.82 Å². The summed E-state index contributed by atoms with van der Waals surface area (Å²) >= 11 is 0. The van der Waals surface area contributed by atoms with Gasteiger partial charge in [0.1, 0.15) is 13.2 Å². The number of quaternary nitrogens is 1. The lowest BCUT2D eigenvalue weighted by Crippen LogP contribution is -2.45. The van der Waals surface area contributed by atoms with Crippen molar-refractivity contribution in [2.45, 2.75) is 328 Å². The van der Waals surface area contributed by atoms with Gasteiger partial charge in [-0.1, -0.05) is 302 Å². The Morgan fingerprint density at radius 3 is 1.07 bits per heavy atom. The fraction of sp³-hybridized carbons (Fsp3) is 0.950. The molecular weight excluding hydrogens is 876 g/mol. The highest BCUT2D eigenvalue weighted by molar-refractivity contribution is 7.47. The highest BCUT2D eigenvalue weighted by Gasteiger charge is 2.27. The monoisotopic (exact) mass is 998 g/mol. The number of phosphoric ester groups is 1. The van der Waals surface area contributed by atoms with Crippen LogP contribution in [0.2, 0.25) is 0 Å². The highest BCUT2D eigenvalue weighted by Crippen LogP contribution is 2.43. The Morgan fingerprint density at radius 1 is 0.478 bits per heavy atom. The van der Waals surface area contributed by atoms with Gasteiger partial charge in [0.2, 0.25) is 5.91 Å². The molecule has 3 N–H and O–H groups in total. The number of nitrogens with one attached hydrogen (secondary N) is 1. The van der Waals surface area contributed by atoms with Crippen LogP contribution in [0, 0.1) is 0 Å². The van der Waals surface area contributed by atoms with Crippen LogP contribution in [-0.4, -0.2) is 73.4 Å². The summed E-state index contributed by atoms with van der Waals surface area (Å²) < 4.78 is 23.7. The highest BCUT2D eigenvalue weighted by atomic mass is 31.2. The van der Waals surface area contributed by atoms with Crippen molar-refractivity contribution in [3.8, 4) is 0 Å². The molecule has 0 aromatic rings. The first-order chi connectivity index (χ1) is 33.5. The van der Waals surface area contributed by atoms with Crippen molar-refractivity contribution in [2.75, 3.05) is 40.9 Å².